The fourth-order valence-electron chi connectivity index (χ4n) is 4.33. The van der Waals surface area contributed by atoms with Gasteiger partial charge in [0.15, 0.2) is 0 Å². The minimum atomic E-state index is 0.0971. The lowest BCUT2D eigenvalue weighted by atomic mass is 9.99. The molecule has 4 rings (SSSR count). The highest BCUT2D eigenvalue weighted by Gasteiger charge is 2.25. The number of rotatable bonds is 7. The second-order valence-corrected chi connectivity index (χ2v) is 7.60. The maximum Gasteiger partial charge on any atom is 0.220 e. The molecule has 0 unspecified atom stereocenters. The first kappa shape index (κ1) is 19.3. The Labute approximate surface area is 172 Å². The molecule has 1 amide bonds. The van der Waals surface area contributed by atoms with E-state index in [0.717, 1.165) is 29.7 Å². The number of hydrogen-bond donors (Lipinski definition) is 1. The molecule has 0 spiro atoms. The molecule has 4 nitrogen and oxygen atoms in total. The van der Waals surface area contributed by atoms with Crippen LogP contribution < -0.4 is 15.0 Å². The third-order valence-electron chi connectivity index (χ3n) is 5.82. The average molecular weight is 389 g/mol. The summed E-state index contributed by atoms with van der Waals surface area (Å²) in [6.07, 6.45) is 3.42. The first-order chi connectivity index (χ1) is 14.3. The summed E-state index contributed by atoms with van der Waals surface area (Å²) in [6, 6.07) is 23.2. The van der Waals surface area contributed by atoms with Gasteiger partial charge in [-0.05, 0) is 48.2 Å². The number of carbonyl (C=O) groups excluding carboxylic acids is 1. The first-order valence-electron chi connectivity index (χ1n) is 10.4. The van der Waals surface area contributed by atoms with E-state index in [1.807, 2.05) is 24.3 Å². The molecule has 0 aliphatic carbocycles. The van der Waals surface area contributed by atoms with Crippen LogP contribution in [0.5, 0.6) is 5.75 Å². The number of fused-ring (bicyclic) bond motifs is 1. The number of nitrogens with one attached hydrogen (secondary N) is 1. The minimum Gasteiger partial charge on any atom is -0.496 e. The van der Waals surface area contributed by atoms with Crippen molar-refractivity contribution in [2.75, 3.05) is 25.1 Å². The molecule has 1 heterocycles. The Bertz CT molecular complexity index is 971. The summed E-state index contributed by atoms with van der Waals surface area (Å²) in [6.45, 7) is 1.75. The SMILES string of the molecule is COc1ccc2ccccc2c1CCC(=O)NC[C@@H]1CCCN1c1ccccc1. The molecule has 1 N–H and O–H groups in total. The molecule has 1 aliphatic heterocycles. The van der Waals surface area contributed by atoms with E-state index in [2.05, 4.69) is 52.7 Å². The van der Waals surface area contributed by atoms with Crippen molar-refractivity contribution in [1.29, 1.82) is 0 Å². The molecule has 0 radical (unpaired) electrons. The van der Waals surface area contributed by atoms with Crippen molar-refractivity contribution in [1.82, 2.24) is 5.32 Å². The Morgan fingerprint density at radius 3 is 2.69 bits per heavy atom. The normalized spacial score (nSPS) is 16.2. The van der Waals surface area contributed by atoms with Crippen LogP contribution in [0.1, 0.15) is 24.8 Å². The summed E-state index contributed by atoms with van der Waals surface area (Å²) in [4.78, 5) is 15.0. The monoisotopic (exact) mass is 388 g/mol. The van der Waals surface area contributed by atoms with Crippen molar-refractivity contribution >= 4 is 22.4 Å². The van der Waals surface area contributed by atoms with Crippen LogP contribution in [0.4, 0.5) is 5.69 Å². The van der Waals surface area contributed by atoms with E-state index in [1.165, 1.54) is 17.5 Å². The lowest BCUT2D eigenvalue weighted by Crippen LogP contribution is -2.40. The molecule has 1 fully saturated rings. The highest BCUT2D eigenvalue weighted by Crippen LogP contribution is 2.29. The predicted molar refractivity (Wildman–Crippen MR) is 119 cm³/mol. The number of para-hydroxylation sites is 1. The molecular weight excluding hydrogens is 360 g/mol. The lowest BCUT2D eigenvalue weighted by Gasteiger charge is -2.27. The van der Waals surface area contributed by atoms with Crippen LogP contribution in [0, 0.1) is 0 Å². The number of amides is 1. The smallest absolute Gasteiger partial charge is 0.220 e. The quantitative estimate of drug-likeness (QED) is 0.645. The van der Waals surface area contributed by atoms with Crippen LogP contribution in [0.2, 0.25) is 0 Å². The van der Waals surface area contributed by atoms with Crippen molar-refractivity contribution in [2.45, 2.75) is 31.7 Å². The molecule has 150 valence electrons. The minimum absolute atomic E-state index is 0.0971. The standard InChI is InChI=1S/C25H28N2O2/c1-29-24-15-13-19-8-5-6-12-22(19)23(24)14-16-25(28)26-18-21-11-7-17-27(21)20-9-3-2-4-10-20/h2-6,8-10,12-13,15,21H,7,11,14,16-18H2,1H3,(H,26,28)/t21-/m0/s1. The molecular formula is C25H28N2O2. The number of aryl methyl sites for hydroxylation is 1. The van der Waals surface area contributed by atoms with Gasteiger partial charge in [0, 0.05) is 36.8 Å². The van der Waals surface area contributed by atoms with Gasteiger partial charge in [-0.25, -0.2) is 0 Å². The van der Waals surface area contributed by atoms with E-state index in [-0.39, 0.29) is 5.91 Å². The van der Waals surface area contributed by atoms with Crippen molar-refractivity contribution in [3.05, 3.63) is 72.3 Å². The Kier molecular flexibility index (Phi) is 5.99. The van der Waals surface area contributed by atoms with Crippen molar-refractivity contribution in [3.63, 3.8) is 0 Å². The molecule has 3 aromatic rings. The second-order valence-electron chi connectivity index (χ2n) is 7.60. The number of nitrogens with zero attached hydrogens (tertiary/aromatic N) is 1. The van der Waals surface area contributed by atoms with E-state index >= 15 is 0 Å². The summed E-state index contributed by atoms with van der Waals surface area (Å²) < 4.78 is 5.55. The fraction of sp³-hybridized carbons (Fsp3) is 0.320. The Morgan fingerprint density at radius 1 is 1.07 bits per heavy atom. The van der Waals surface area contributed by atoms with Crippen LogP contribution in [-0.4, -0.2) is 32.1 Å². The molecule has 0 bridgehead atoms. The van der Waals surface area contributed by atoms with Crippen LogP contribution in [-0.2, 0) is 11.2 Å². The van der Waals surface area contributed by atoms with Gasteiger partial charge in [-0.3, -0.25) is 4.79 Å². The largest absolute Gasteiger partial charge is 0.496 e. The third kappa shape index (κ3) is 4.37. The number of methoxy groups -OCH3 is 1. The van der Waals surface area contributed by atoms with Crippen molar-refractivity contribution in [3.8, 4) is 5.75 Å². The zero-order valence-corrected chi connectivity index (χ0v) is 16.9. The molecule has 0 aromatic heterocycles. The van der Waals surface area contributed by atoms with Gasteiger partial charge < -0.3 is 15.0 Å². The summed E-state index contributed by atoms with van der Waals surface area (Å²) in [5, 5.41) is 5.49. The highest BCUT2D eigenvalue weighted by molar-refractivity contribution is 5.88. The molecule has 4 heteroatoms. The van der Waals surface area contributed by atoms with E-state index < -0.39 is 0 Å². The van der Waals surface area contributed by atoms with Gasteiger partial charge in [-0.1, -0.05) is 48.5 Å². The van der Waals surface area contributed by atoms with Crippen molar-refractivity contribution < 1.29 is 9.53 Å². The van der Waals surface area contributed by atoms with E-state index in [4.69, 9.17) is 4.74 Å². The van der Waals surface area contributed by atoms with E-state index in [1.54, 1.807) is 7.11 Å². The van der Waals surface area contributed by atoms with Gasteiger partial charge >= 0.3 is 0 Å². The topological polar surface area (TPSA) is 41.6 Å². The van der Waals surface area contributed by atoms with Crippen LogP contribution in [0.3, 0.4) is 0 Å². The number of ether oxygens (including phenoxy) is 1. The number of carbonyl (C=O) groups is 1. The predicted octanol–water partition coefficient (Wildman–Crippen LogP) is 4.57. The summed E-state index contributed by atoms with van der Waals surface area (Å²) >= 11 is 0. The van der Waals surface area contributed by atoms with Crippen LogP contribution >= 0.6 is 0 Å². The van der Waals surface area contributed by atoms with Gasteiger partial charge in [-0.2, -0.15) is 0 Å². The summed E-state index contributed by atoms with van der Waals surface area (Å²) in [5.74, 6) is 0.947. The Morgan fingerprint density at radius 2 is 1.86 bits per heavy atom. The highest BCUT2D eigenvalue weighted by atomic mass is 16.5. The number of anilines is 1. The Balaban J connectivity index is 1.37. The van der Waals surface area contributed by atoms with Gasteiger partial charge in [0.1, 0.15) is 5.75 Å². The number of benzene rings is 3. The molecule has 1 atom stereocenters. The van der Waals surface area contributed by atoms with E-state index in [0.29, 0.717) is 25.4 Å². The van der Waals surface area contributed by atoms with Crippen LogP contribution in [0.15, 0.2) is 66.7 Å². The Hall–Kier alpha value is -3.01. The van der Waals surface area contributed by atoms with Gasteiger partial charge in [0.05, 0.1) is 7.11 Å². The zero-order chi connectivity index (χ0) is 20.1. The van der Waals surface area contributed by atoms with Gasteiger partial charge in [0.2, 0.25) is 5.91 Å². The zero-order valence-electron chi connectivity index (χ0n) is 16.9. The molecule has 29 heavy (non-hydrogen) atoms. The molecule has 1 aliphatic rings. The molecule has 0 saturated carbocycles. The summed E-state index contributed by atoms with van der Waals surface area (Å²) in [5.41, 5.74) is 2.34. The maximum atomic E-state index is 12.6. The number of hydrogen-bond acceptors (Lipinski definition) is 3. The fourth-order valence-corrected chi connectivity index (χ4v) is 4.33. The van der Waals surface area contributed by atoms with Gasteiger partial charge in [-0.15, -0.1) is 0 Å². The van der Waals surface area contributed by atoms with Crippen molar-refractivity contribution in [2.24, 2.45) is 0 Å². The summed E-state index contributed by atoms with van der Waals surface area (Å²) in [7, 11) is 1.69. The second kappa shape index (κ2) is 8.99. The van der Waals surface area contributed by atoms with E-state index in [9.17, 15) is 4.79 Å². The lowest BCUT2D eigenvalue weighted by molar-refractivity contribution is -0.121. The van der Waals surface area contributed by atoms with Crippen LogP contribution in [0.25, 0.3) is 10.8 Å². The molecule has 1 saturated heterocycles. The maximum absolute atomic E-state index is 12.6. The first-order valence-corrected chi connectivity index (χ1v) is 10.4. The average Bonchev–Trinajstić information content (AvgIpc) is 3.25. The molecule has 3 aromatic carbocycles. The third-order valence-corrected chi connectivity index (χ3v) is 5.82. The van der Waals surface area contributed by atoms with Gasteiger partial charge in [0.25, 0.3) is 0 Å².